The fourth-order valence-corrected chi connectivity index (χ4v) is 5.89. The number of halogens is 3. The van der Waals surface area contributed by atoms with Crippen LogP contribution in [0.3, 0.4) is 0 Å². The number of amidine groups is 1. The first-order chi connectivity index (χ1) is 20.2. The first-order valence-electron chi connectivity index (χ1n) is 13.7. The molecule has 1 fully saturated rings. The van der Waals surface area contributed by atoms with E-state index in [0.717, 1.165) is 49.1 Å². The highest BCUT2D eigenvalue weighted by molar-refractivity contribution is 7.10. The monoisotopic (exact) mass is 608 g/mol. The van der Waals surface area contributed by atoms with E-state index in [4.69, 9.17) is 9.15 Å². The minimum atomic E-state index is -4.61. The van der Waals surface area contributed by atoms with E-state index in [2.05, 4.69) is 40.7 Å². The minimum absolute atomic E-state index is 0.0494. The van der Waals surface area contributed by atoms with Crippen molar-refractivity contribution in [2.75, 3.05) is 39.3 Å². The predicted octanol–water partition coefficient (Wildman–Crippen LogP) is 3.68. The summed E-state index contributed by atoms with van der Waals surface area (Å²) < 4.78 is 51.8. The molecule has 3 N–H and O–H groups in total. The maximum atomic E-state index is 13.5. The Morgan fingerprint density at radius 3 is 2.81 bits per heavy atom. The maximum absolute atomic E-state index is 13.5. The molecule has 16 heteroatoms. The standard InChI is InChI=1S/C26H31F3N8O4S/c1-2-5-30-24(38)34-20-11-17(23-33-19(14-42-23)26(27,28)29)18(13-31-20)16-10-15(21-35-36-25(39)41-21)12-32-22(16)40-9-8-37-6-3-4-7-37/h12,14,16H,2-11,13H2,1H3,(H,36,39)(H2,30,31,34,38). The Kier molecular flexibility index (Phi) is 9.21. The molecule has 1 unspecified atom stereocenters. The minimum Gasteiger partial charge on any atom is -0.479 e. The normalized spacial score (nSPS) is 19.8. The zero-order valence-electron chi connectivity index (χ0n) is 22.9. The molecule has 0 radical (unpaired) electrons. The third-order valence-electron chi connectivity index (χ3n) is 7.08. The Hall–Kier alpha value is -3.79. The zero-order chi connectivity index (χ0) is 29.7. The molecular weight excluding hydrogens is 577 g/mol. The Bertz CT molecular complexity index is 1470. The number of ether oxygens (including phenoxy) is 1. The second-order valence-corrected chi connectivity index (χ2v) is 10.9. The zero-order valence-corrected chi connectivity index (χ0v) is 23.7. The quantitative estimate of drug-likeness (QED) is 0.414. The third kappa shape index (κ3) is 7.15. The Labute approximate surface area is 242 Å². The molecule has 2 amide bonds. The molecule has 1 atom stereocenters. The van der Waals surface area contributed by atoms with E-state index in [0.29, 0.717) is 48.1 Å². The van der Waals surface area contributed by atoms with Crippen LogP contribution in [0, 0.1) is 5.92 Å². The van der Waals surface area contributed by atoms with Gasteiger partial charge in [-0.2, -0.15) is 13.2 Å². The van der Waals surface area contributed by atoms with Crippen molar-refractivity contribution >= 4 is 40.2 Å². The largest absolute Gasteiger partial charge is 0.479 e. The van der Waals surface area contributed by atoms with E-state index in [1.165, 1.54) is 6.20 Å². The molecule has 5 heterocycles. The lowest BCUT2D eigenvalue weighted by atomic mass is 9.84. The van der Waals surface area contributed by atoms with Gasteiger partial charge in [0, 0.05) is 36.7 Å². The van der Waals surface area contributed by atoms with Crippen LogP contribution in [0.15, 0.2) is 36.3 Å². The summed E-state index contributed by atoms with van der Waals surface area (Å²) in [7, 11) is 0. The highest BCUT2D eigenvalue weighted by Gasteiger charge is 2.37. The van der Waals surface area contributed by atoms with Crippen LogP contribution in [0.2, 0.25) is 0 Å². The van der Waals surface area contributed by atoms with E-state index < -0.39 is 29.6 Å². The van der Waals surface area contributed by atoms with Gasteiger partial charge in [-0.1, -0.05) is 6.92 Å². The summed E-state index contributed by atoms with van der Waals surface area (Å²) in [5, 5.41) is 12.7. The number of aromatic amines is 1. The number of nitrogens with zero attached hydrogens (tertiary/aromatic N) is 5. The molecular formula is C26H31F3N8O4S. The van der Waals surface area contributed by atoms with Gasteiger partial charge in [-0.05, 0) is 49.9 Å². The first kappa shape index (κ1) is 29.7. The van der Waals surface area contributed by atoms with Gasteiger partial charge in [0.05, 0.1) is 12.5 Å². The summed E-state index contributed by atoms with van der Waals surface area (Å²) in [6.45, 7) is 5.53. The van der Waals surface area contributed by atoms with Crippen LogP contribution in [0.1, 0.15) is 55.6 Å². The number of rotatable bonds is 8. The van der Waals surface area contributed by atoms with E-state index in [1.54, 1.807) is 0 Å². The fraction of sp³-hybridized carbons (Fsp3) is 0.538. The van der Waals surface area contributed by atoms with E-state index in [1.807, 2.05) is 6.92 Å². The van der Waals surface area contributed by atoms with Gasteiger partial charge in [0.2, 0.25) is 5.89 Å². The Morgan fingerprint density at radius 1 is 1.31 bits per heavy atom. The van der Waals surface area contributed by atoms with Crippen LogP contribution in [0.25, 0.3) is 11.1 Å². The predicted molar refractivity (Wildman–Crippen MR) is 150 cm³/mol. The number of hydrogen-bond donors (Lipinski definition) is 3. The van der Waals surface area contributed by atoms with Crippen LogP contribution >= 0.6 is 11.3 Å². The lowest BCUT2D eigenvalue weighted by Gasteiger charge is -2.29. The highest BCUT2D eigenvalue weighted by Crippen LogP contribution is 2.40. The molecule has 5 rings (SSSR count). The van der Waals surface area contributed by atoms with Crippen LogP contribution < -0.4 is 16.4 Å². The number of allylic oxidation sites excluding steroid dienone is 1. The van der Waals surface area contributed by atoms with Crippen molar-refractivity contribution in [2.24, 2.45) is 15.9 Å². The molecule has 3 aliphatic heterocycles. The number of hydrogen-bond acceptors (Lipinski definition) is 10. The summed E-state index contributed by atoms with van der Waals surface area (Å²) in [4.78, 5) is 39.2. The first-order valence-corrected chi connectivity index (χ1v) is 14.6. The molecule has 3 aliphatic rings. The van der Waals surface area contributed by atoms with Crippen molar-refractivity contribution in [3.63, 3.8) is 0 Å². The average molecular weight is 609 g/mol. The highest BCUT2D eigenvalue weighted by atomic mass is 32.1. The number of aromatic nitrogens is 3. The molecule has 0 saturated carbocycles. The van der Waals surface area contributed by atoms with E-state index in [9.17, 15) is 22.8 Å². The average Bonchev–Trinajstić information content (AvgIpc) is 3.74. The van der Waals surface area contributed by atoms with Crippen molar-refractivity contribution in [1.82, 2.24) is 30.7 Å². The van der Waals surface area contributed by atoms with Gasteiger partial charge in [0.25, 0.3) is 0 Å². The summed E-state index contributed by atoms with van der Waals surface area (Å²) in [6.07, 6.45) is 0.225. The summed E-state index contributed by atoms with van der Waals surface area (Å²) in [5.41, 5.74) is 0.673. The van der Waals surface area contributed by atoms with Crippen LogP contribution in [0.4, 0.5) is 18.0 Å². The van der Waals surface area contributed by atoms with Crippen molar-refractivity contribution in [1.29, 1.82) is 0 Å². The SMILES string of the molecule is CCCNC(=O)NC1=NCC(C2CC(c3n[nH]c(=O)o3)=CN=C2OCCN2CCCC2)=C(c2nc(C(F)(F)F)cs2)C1. The van der Waals surface area contributed by atoms with Crippen molar-refractivity contribution in [3.05, 3.63) is 44.3 Å². The summed E-state index contributed by atoms with van der Waals surface area (Å²) >= 11 is 0.870. The molecule has 0 aromatic carbocycles. The number of thiazole rings is 1. The van der Waals surface area contributed by atoms with Crippen molar-refractivity contribution in [2.45, 2.75) is 45.2 Å². The number of carbonyl (C=O) groups is 1. The van der Waals surface area contributed by atoms with Gasteiger partial charge >= 0.3 is 18.0 Å². The van der Waals surface area contributed by atoms with E-state index >= 15 is 0 Å². The number of carbonyl (C=O) groups excluding carboxylic acids is 1. The van der Waals surface area contributed by atoms with E-state index in [-0.39, 0.29) is 30.3 Å². The number of nitrogens with one attached hydrogen (secondary N) is 3. The lowest BCUT2D eigenvalue weighted by Crippen LogP contribution is -2.41. The van der Waals surface area contributed by atoms with Gasteiger partial charge in [-0.3, -0.25) is 15.2 Å². The van der Waals surface area contributed by atoms with Gasteiger partial charge in [0.1, 0.15) is 17.5 Å². The summed E-state index contributed by atoms with van der Waals surface area (Å²) in [5.74, 6) is -0.513. The maximum Gasteiger partial charge on any atom is 0.434 e. The van der Waals surface area contributed by atoms with Gasteiger partial charge in [-0.15, -0.1) is 16.4 Å². The van der Waals surface area contributed by atoms with Gasteiger partial charge in [0.15, 0.2) is 11.6 Å². The van der Waals surface area contributed by atoms with Crippen LogP contribution in [-0.4, -0.2) is 77.2 Å². The second kappa shape index (κ2) is 13.0. The number of urea groups is 1. The molecule has 12 nitrogen and oxygen atoms in total. The lowest BCUT2D eigenvalue weighted by molar-refractivity contribution is -0.140. The number of aliphatic imine (C=N–C) groups is 2. The molecule has 42 heavy (non-hydrogen) atoms. The molecule has 0 bridgehead atoms. The molecule has 2 aromatic rings. The molecule has 1 saturated heterocycles. The number of amides is 2. The van der Waals surface area contributed by atoms with Crippen molar-refractivity contribution < 1.29 is 27.1 Å². The topological polar surface area (TPSA) is 150 Å². The van der Waals surface area contributed by atoms with Crippen LogP contribution in [0.5, 0.6) is 0 Å². The number of H-pyrrole nitrogens is 1. The number of alkyl halides is 3. The number of dihydropyridines is 1. The van der Waals surface area contributed by atoms with Crippen LogP contribution in [-0.2, 0) is 10.9 Å². The summed E-state index contributed by atoms with van der Waals surface area (Å²) in [6, 6.07) is -0.447. The Balaban J connectivity index is 1.47. The fourth-order valence-electron chi connectivity index (χ4n) is 4.98. The molecule has 0 aliphatic carbocycles. The molecule has 226 valence electrons. The smallest absolute Gasteiger partial charge is 0.434 e. The second-order valence-electron chi connectivity index (χ2n) is 10.1. The van der Waals surface area contributed by atoms with Crippen molar-refractivity contribution in [3.8, 4) is 0 Å². The van der Waals surface area contributed by atoms with Gasteiger partial charge in [-0.25, -0.2) is 24.7 Å². The molecule has 2 aromatic heterocycles. The van der Waals surface area contributed by atoms with Gasteiger partial charge < -0.3 is 14.5 Å². The number of likely N-dealkylation sites (tertiary alicyclic amines) is 1. The molecule has 0 spiro atoms. The third-order valence-corrected chi connectivity index (χ3v) is 7.98. The Morgan fingerprint density at radius 2 is 2.12 bits per heavy atom.